The molecule has 3 heterocycles. The molecule has 5 fully saturated rings. The van der Waals surface area contributed by atoms with Crippen molar-refractivity contribution in [2.24, 2.45) is 62.4 Å². The number of carboxylic acids is 1. The molecule has 0 spiro atoms. The summed E-state index contributed by atoms with van der Waals surface area (Å²) in [4.78, 5) is 15.2. The molecule has 0 radical (unpaired) electrons. The molecule has 2 bridgehead atoms. The Morgan fingerprint density at radius 3 is 2.58 bits per heavy atom. The Morgan fingerprint density at radius 1 is 1.15 bits per heavy atom. The summed E-state index contributed by atoms with van der Waals surface area (Å²) in [5.41, 5.74) is 12.7. The third-order valence-electron chi connectivity index (χ3n) is 15.7. The van der Waals surface area contributed by atoms with Crippen LogP contribution in [0.2, 0.25) is 0 Å². The van der Waals surface area contributed by atoms with Crippen molar-refractivity contribution in [2.45, 2.75) is 123 Å². The van der Waals surface area contributed by atoms with Gasteiger partial charge >= 0.3 is 5.97 Å². The average molecular weight is 685 g/mol. The lowest BCUT2D eigenvalue weighted by molar-refractivity contribution is -0.251. The van der Waals surface area contributed by atoms with Crippen molar-refractivity contribution in [1.82, 2.24) is 20.2 Å². The van der Waals surface area contributed by atoms with E-state index in [9.17, 15) is 9.90 Å². The lowest BCUT2D eigenvalue weighted by atomic mass is 9.34. The topological polar surface area (TPSA) is 151 Å². The number of nitrogens with zero attached hydrogens (tertiary/aromatic N) is 4. The van der Waals surface area contributed by atoms with Crippen LogP contribution in [0.25, 0.3) is 0 Å². The molecular weight excluding hydrogens is 625 g/mol. The van der Waals surface area contributed by atoms with Crippen LogP contribution in [-0.4, -0.2) is 74.3 Å². The van der Waals surface area contributed by atoms with Crippen LogP contribution in [0.3, 0.4) is 0 Å². The Kier molecular flexibility index (Phi) is 8.64. The summed E-state index contributed by atoms with van der Waals surface area (Å²) in [6, 6.07) is 0.0869. The molecule has 11 heteroatoms. The quantitative estimate of drug-likeness (QED) is 0.292. The number of anilines is 1. The van der Waals surface area contributed by atoms with Crippen LogP contribution >= 0.6 is 11.8 Å². The third kappa shape index (κ3) is 4.89. The van der Waals surface area contributed by atoms with E-state index >= 15 is 0 Å². The molecule has 0 amide bonds. The summed E-state index contributed by atoms with van der Waals surface area (Å²) < 4.78 is 13.7. The fourth-order valence-corrected chi connectivity index (χ4v) is 14.1. The minimum absolute atomic E-state index is 0.139. The van der Waals surface area contributed by atoms with Gasteiger partial charge in [0.1, 0.15) is 6.04 Å². The van der Waals surface area contributed by atoms with Crippen molar-refractivity contribution in [1.29, 1.82) is 0 Å². The van der Waals surface area contributed by atoms with Crippen LogP contribution in [-0.2, 0) is 14.3 Å². The summed E-state index contributed by atoms with van der Waals surface area (Å²) in [6.45, 7) is 18.1. The normalized spacial score (nSPS) is 47.8. The zero-order chi connectivity index (χ0) is 34.4. The molecule has 48 heavy (non-hydrogen) atoms. The molecule has 1 aromatic rings. The van der Waals surface area contributed by atoms with Crippen LogP contribution in [0.15, 0.2) is 11.6 Å². The van der Waals surface area contributed by atoms with Gasteiger partial charge in [-0.25, -0.2) is 0 Å². The van der Waals surface area contributed by atoms with E-state index in [-0.39, 0.29) is 51.2 Å². The molecule has 3 saturated carbocycles. The summed E-state index contributed by atoms with van der Waals surface area (Å²) in [5.74, 6) is 1.63. The summed E-state index contributed by atoms with van der Waals surface area (Å²) in [7, 11) is 0. The highest BCUT2D eigenvalue weighted by molar-refractivity contribution is 7.99. The molecule has 0 aromatic carbocycles. The maximum atomic E-state index is 13.4. The molecule has 2 unspecified atom stereocenters. The largest absolute Gasteiger partial charge is 0.481 e. The van der Waals surface area contributed by atoms with Crippen LogP contribution in [0.5, 0.6) is 0 Å². The van der Waals surface area contributed by atoms with Crippen molar-refractivity contribution in [3.8, 4) is 0 Å². The molecule has 2 saturated heterocycles. The number of thioether (sulfide) groups is 1. The second-order valence-electron chi connectivity index (χ2n) is 18.1. The zero-order valence-corrected chi connectivity index (χ0v) is 31.1. The van der Waals surface area contributed by atoms with Crippen molar-refractivity contribution >= 4 is 23.7 Å². The fraction of sp³-hybridized carbons (Fsp3) is 0.892. The number of fused-ring (bicyclic) bond motifs is 3. The SMILES string of the molecule is CC(C)[C@@H](C)[C@@]1(C)CC[C@]2(C)[C@H]3CC[C@@H]4[C@@]5(COC[C@@]4(C)[C@@H](OCC4CC(N)CCS4)[C@H](n4nnc(N)n4)C5)C3=CC[C@@]2(C)[C@@H]1C(=O)O. The number of hydrogen-bond acceptors (Lipinski definition) is 9. The Morgan fingerprint density at radius 2 is 1.92 bits per heavy atom. The van der Waals surface area contributed by atoms with Gasteiger partial charge in [0, 0.05) is 22.1 Å². The number of nitrogens with two attached hydrogens (primary N) is 2. The average Bonchev–Trinajstić information content (AvgIpc) is 3.46. The molecule has 268 valence electrons. The van der Waals surface area contributed by atoms with Crippen LogP contribution in [0.1, 0.15) is 106 Å². The van der Waals surface area contributed by atoms with Crippen molar-refractivity contribution in [3.05, 3.63) is 11.6 Å². The van der Waals surface area contributed by atoms with Gasteiger partial charge in [0.25, 0.3) is 5.95 Å². The molecule has 10 nitrogen and oxygen atoms in total. The predicted octanol–water partition coefficient (Wildman–Crippen LogP) is 5.99. The van der Waals surface area contributed by atoms with Gasteiger partial charge in [-0.15, -0.1) is 5.10 Å². The first-order valence-electron chi connectivity index (χ1n) is 18.7. The first-order chi connectivity index (χ1) is 22.6. The number of allylic oxidation sites excluding steroid dienone is 1. The van der Waals surface area contributed by atoms with E-state index in [1.807, 2.05) is 11.8 Å². The van der Waals surface area contributed by atoms with Gasteiger partial charge < -0.3 is 26.0 Å². The molecule has 1 aromatic heterocycles. The Balaban J connectivity index is 1.28. The number of carboxylic acid groups (broad SMARTS) is 1. The molecule has 5 N–H and O–H groups in total. The monoisotopic (exact) mass is 684 g/mol. The summed E-state index contributed by atoms with van der Waals surface area (Å²) in [5, 5.41) is 24.6. The summed E-state index contributed by atoms with van der Waals surface area (Å²) >= 11 is 1.97. The number of carbonyl (C=O) groups is 1. The minimum Gasteiger partial charge on any atom is -0.481 e. The maximum Gasteiger partial charge on any atom is 0.307 e. The van der Waals surface area contributed by atoms with Crippen molar-refractivity contribution in [2.75, 3.05) is 31.3 Å². The highest BCUT2D eigenvalue weighted by Crippen LogP contribution is 2.75. The van der Waals surface area contributed by atoms with E-state index in [2.05, 4.69) is 70.0 Å². The first kappa shape index (κ1) is 34.7. The van der Waals surface area contributed by atoms with Gasteiger partial charge in [0.05, 0.1) is 31.8 Å². The Hall–Kier alpha value is -1.69. The molecule has 2 aliphatic heterocycles. The van der Waals surface area contributed by atoms with Gasteiger partial charge in [-0.3, -0.25) is 4.79 Å². The Labute approximate surface area is 291 Å². The number of tetrazole rings is 1. The van der Waals surface area contributed by atoms with Crippen LogP contribution in [0.4, 0.5) is 5.95 Å². The Bertz CT molecular complexity index is 1440. The molecule has 13 atom stereocenters. The van der Waals surface area contributed by atoms with Gasteiger partial charge in [-0.05, 0) is 102 Å². The van der Waals surface area contributed by atoms with E-state index < -0.39 is 11.9 Å². The molecule has 4 aliphatic carbocycles. The standard InChI is InChI=1S/C37H60N6O4S/c1-21(2)22(3)33(4)13-14-35(6)25-8-9-28-34(5)19-46-20-37(28,26(25)10-12-36(35,7)29(33)31(44)45)17-27(43-41-32(39)40-42-43)30(34)47-18-24-16-23(38)11-15-48-24/h10,21-25,27-30H,8-9,11-20,38H2,1-7H3,(H2,39,41)(H,44,45)/t22-,23?,24?,25+,27-,28+,29-,30+,33-,34-,35-,36+,37+/m1/s1. The number of ether oxygens (including phenoxy) is 2. The lowest BCUT2D eigenvalue weighted by Crippen LogP contribution is -2.69. The van der Waals surface area contributed by atoms with Gasteiger partial charge in [0.2, 0.25) is 0 Å². The third-order valence-corrected chi connectivity index (χ3v) is 17.0. The summed E-state index contributed by atoms with van der Waals surface area (Å²) in [6.07, 6.45) is 10.1. The van der Waals surface area contributed by atoms with Crippen LogP contribution in [0, 0.1) is 56.7 Å². The maximum absolute atomic E-state index is 13.4. The lowest BCUT2D eigenvalue weighted by Gasteiger charge is -2.71. The van der Waals surface area contributed by atoms with Crippen molar-refractivity contribution < 1.29 is 19.4 Å². The minimum atomic E-state index is -0.625. The highest BCUT2D eigenvalue weighted by Gasteiger charge is 2.72. The number of hydrogen-bond donors (Lipinski definition) is 3. The van der Waals surface area contributed by atoms with Crippen LogP contribution < -0.4 is 11.5 Å². The number of nitrogen functional groups attached to an aromatic ring is 1. The van der Waals surface area contributed by atoms with Gasteiger partial charge in [-0.2, -0.15) is 16.6 Å². The van der Waals surface area contributed by atoms with E-state index in [4.69, 9.17) is 20.9 Å². The fourth-order valence-electron chi connectivity index (χ4n) is 12.7. The number of aromatic nitrogens is 4. The first-order valence-corrected chi connectivity index (χ1v) is 19.7. The molecule has 6 aliphatic rings. The molecule has 7 rings (SSSR count). The number of aliphatic carboxylic acids is 1. The van der Waals surface area contributed by atoms with E-state index in [0.29, 0.717) is 48.7 Å². The van der Waals surface area contributed by atoms with Crippen molar-refractivity contribution in [3.63, 3.8) is 0 Å². The molecular formula is C37H60N6O4S. The number of rotatable bonds is 7. The predicted molar refractivity (Wildman–Crippen MR) is 188 cm³/mol. The van der Waals surface area contributed by atoms with E-state index in [0.717, 1.165) is 57.1 Å². The van der Waals surface area contributed by atoms with E-state index in [1.165, 1.54) is 5.57 Å². The smallest absolute Gasteiger partial charge is 0.307 e. The second-order valence-corrected chi connectivity index (χ2v) is 19.5. The highest BCUT2D eigenvalue weighted by atomic mass is 32.2. The van der Waals surface area contributed by atoms with Gasteiger partial charge in [0.15, 0.2) is 0 Å². The van der Waals surface area contributed by atoms with Gasteiger partial charge in [-0.1, -0.05) is 65.2 Å². The zero-order valence-electron chi connectivity index (χ0n) is 30.3. The van der Waals surface area contributed by atoms with E-state index in [1.54, 1.807) is 4.80 Å². The second kappa shape index (κ2) is 11.9.